The summed E-state index contributed by atoms with van der Waals surface area (Å²) >= 11 is 0. The van der Waals surface area contributed by atoms with Gasteiger partial charge in [0.25, 0.3) is 5.91 Å². The Labute approximate surface area is 163 Å². The Kier molecular flexibility index (Phi) is 4.92. The molecule has 28 heavy (non-hydrogen) atoms. The fraction of sp³-hybridized carbons (Fsp3) is 0.579. The number of H-pyrrole nitrogens is 1. The highest BCUT2D eigenvalue weighted by Crippen LogP contribution is 2.42. The Morgan fingerprint density at radius 2 is 2.07 bits per heavy atom. The van der Waals surface area contributed by atoms with Crippen LogP contribution in [0.15, 0.2) is 18.6 Å². The second-order valence-electron chi connectivity index (χ2n) is 7.31. The van der Waals surface area contributed by atoms with Gasteiger partial charge in [-0.25, -0.2) is 4.98 Å². The molecule has 0 atom stereocenters. The predicted octanol–water partition coefficient (Wildman–Crippen LogP) is 0.789. The van der Waals surface area contributed by atoms with Gasteiger partial charge in [0.05, 0.1) is 17.6 Å². The predicted molar refractivity (Wildman–Crippen MR) is 101 cm³/mol. The van der Waals surface area contributed by atoms with Gasteiger partial charge in [-0.3, -0.25) is 14.3 Å². The molecule has 0 radical (unpaired) electrons. The van der Waals surface area contributed by atoms with E-state index in [9.17, 15) is 9.59 Å². The quantitative estimate of drug-likeness (QED) is 0.838. The van der Waals surface area contributed by atoms with Crippen LogP contribution in [0.4, 0.5) is 0 Å². The highest BCUT2D eigenvalue weighted by molar-refractivity contribution is 5.92. The smallest absolute Gasteiger partial charge is 0.272 e. The van der Waals surface area contributed by atoms with Gasteiger partial charge in [-0.2, -0.15) is 5.10 Å². The lowest BCUT2D eigenvalue weighted by molar-refractivity contribution is -0.145. The van der Waals surface area contributed by atoms with E-state index in [1.54, 1.807) is 23.3 Å². The molecule has 2 aliphatic rings. The van der Waals surface area contributed by atoms with Crippen molar-refractivity contribution in [2.75, 3.05) is 33.4 Å². The van der Waals surface area contributed by atoms with Crippen molar-refractivity contribution in [1.29, 1.82) is 0 Å². The summed E-state index contributed by atoms with van der Waals surface area (Å²) in [6.45, 7) is 4.44. The molecule has 0 saturated carbocycles. The van der Waals surface area contributed by atoms with Gasteiger partial charge in [0.2, 0.25) is 5.91 Å². The SMILES string of the molecule is CCn1nccc1C(=O)N1CCC2(CC1)c1nc[nH]c1CCN2C(=O)COC. The van der Waals surface area contributed by atoms with Crippen molar-refractivity contribution in [1.82, 2.24) is 29.5 Å². The molecule has 0 bridgehead atoms. The third kappa shape index (κ3) is 2.90. The summed E-state index contributed by atoms with van der Waals surface area (Å²) in [6.07, 6.45) is 5.43. The number of carbonyl (C=O) groups excluding carboxylic acids is 2. The summed E-state index contributed by atoms with van der Waals surface area (Å²) in [7, 11) is 1.53. The number of aromatic nitrogens is 4. The number of fused-ring (bicyclic) bond motifs is 2. The zero-order valence-electron chi connectivity index (χ0n) is 16.3. The lowest BCUT2D eigenvalue weighted by atomic mass is 9.78. The molecule has 2 aromatic heterocycles. The van der Waals surface area contributed by atoms with E-state index in [1.165, 1.54) is 7.11 Å². The van der Waals surface area contributed by atoms with Crippen LogP contribution in [0, 0.1) is 0 Å². The van der Waals surface area contributed by atoms with Gasteiger partial charge in [0.1, 0.15) is 12.3 Å². The minimum atomic E-state index is -0.481. The fourth-order valence-corrected chi connectivity index (χ4v) is 4.56. The van der Waals surface area contributed by atoms with Crippen LogP contribution in [0.5, 0.6) is 0 Å². The number of methoxy groups -OCH3 is 1. The van der Waals surface area contributed by atoms with E-state index < -0.39 is 5.54 Å². The summed E-state index contributed by atoms with van der Waals surface area (Å²) < 4.78 is 6.82. The maximum atomic E-state index is 13.0. The number of nitrogens with one attached hydrogen (secondary N) is 1. The van der Waals surface area contributed by atoms with Gasteiger partial charge in [-0.1, -0.05) is 0 Å². The van der Waals surface area contributed by atoms with E-state index >= 15 is 0 Å². The third-order valence-electron chi connectivity index (χ3n) is 5.94. The molecule has 1 fully saturated rings. The number of aryl methyl sites for hydroxylation is 1. The maximum absolute atomic E-state index is 13.0. The Morgan fingerprint density at radius 1 is 1.29 bits per heavy atom. The number of nitrogens with zero attached hydrogens (tertiary/aromatic N) is 5. The Morgan fingerprint density at radius 3 is 2.79 bits per heavy atom. The summed E-state index contributed by atoms with van der Waals surface area (Å²) in [5.74, 6) is -0.0398. The summed E-state index contributed by atoms with van der Waals surface area (Å²) in [4.78, 5) is 37.3. The number of imidazole rings is 1. The van der Waals surface area contributed by atoms with Crippen molar-refractivity contribution in [3.05, 3.63) is 35.7 Å². The number of amides is 2. The molecule has 1 saturated heterocycles. The van der Waals surface area contributed by atoms with E-state index in [1.807, 2.05) is 16.7 Å². The molecule has 0 unspecified atom stereocenters. The van der Waals surface area contributed by atoms with Gasteiger partial charge in [-0.05, 0) is 25.8 Å². The van der Waals surface area contributed by atoms with E-state index in [-0.39, 0.29) is 18.4 Å². The Balaban J connectivity index is 1.58. The topological polar surface area (TPSA) is 96.4 Å². The normalized spacial score (nSPS) is 18.4. The molecule has 2 amide bonds. The number of likely N-dealkylation sites (tertiary alicyclic amines) is 1. The van der Waals surface area contributed by atoms with E-state index in [4.69, 9.17) is 4.74 Å². The van der Waals surface area contributed by atoms with E-state index in [0.717, 1.165) is 17.8 Å². The molecule has 9 heteroatoms. The van der Waals surface area contributed by atoms with Crippen LogP contribution < -0.4 is 0 Å². The molecule has 0 aliphatic carbocycles. The first-order valence-electron chi connectivity index (χ1n) is 9.74. The molecule has 2 aromatic rings. The van der Waals surface area contributed by atoms with Crippen molar-refractivity contribution < 1.29 is 14.3 Å². The van der Waals surface area contributed by atoms with E-state index in [2.05, 4.69) is 15.1 Å². The van der Waals surface area contributed by atoms with Crippen molar-refractivity contribution in [2.24, 2.45) is 0 Å². The lowest BCUT2D eigenvalue weighted by Crippen LogP contribution is -2.59. The van der Waals surface area contributed by atoms with Crippen LogP contribution in [0.3, 0.4) is 0 Å². The van der Waals surface area contributed by atoms with Crippen LogP contribution in [-0.2, 0) is 28.0 Å². The maximum Gasteiger partial charge on any atom is 0.272 e. The molecule has 4 heterocycles. The van der Waals surface area contributed by atoms with Crippen LogP contribution in [-0.4, -0.2) is 74.7 Å². The second kappa shape index (κ2) is 7.38. The molecule has 0 aromatic carbocycles. The van der Waals surface area contributed by atoms with Crippen molar-refractivity contribution in [2.45, 2.75) is 38.3 Å². The van der Waals surface area contributed by atoms with Crippen molar-refractivity contribution >= 4 is 11.8 Å². The van der Waals surface area contributed by atoms with Crippen LogP contribution in [0.25, 0.3) is 0 Å². The fourth-order valence-electron chi connectivity index (χ4n) is 4.56. The minimum absolute atomic E-state index is 0.0120. The lowest BCUT2D eigenvalue weighted by Gasteiger charge is -2.50. The van der Waals surface area contributed by atoms with E-state index in [0.29, 0.717) is 44.7 Å². The number of piperidine rings is 1. The first kappa shape index (κ1) is 18.7. The third-order valence-corrected chi connectivity index (χ3v) is 5.94. The van der Waals surface area contributed by atoms with Gasteiger partial charge in [0.15, 0.2) is 0 Å². The van der Waals surface area contributed by atoms with Crippen LogP contribution in [0.1, 0.15) is 41.6 Å². The highest BCUT2D eigenvalue weighted by Gasteiger charge is 2.49. The highest BCUT2D eigenvalue weighted by atomic mass is 16.5. The molecule has 2 aliphatic heterocycles. The Hall–Kier alpha value is -2.68. The summed E-state index contributed by atoms with van der Waals surface area (Å²) in [5, 5.41) is 4.20. The number of aromatic amines is 1. The summed E-state index contributed by atoms with van der Waals surface area (Å²) in [5.41, 5.74) is 2.15. The molecule has 1 spiro atoms. The number of ether oxygens (including phenoxy) is 1. The molecule has 150 valence electrons. The molecule has 4 rings (SSSR count). The van der Waals surface area contributed by atoms with Gasteiger partial charge < -0.3 is 19.5 Å². The van der Waals surface area contributed by atoms with Gasteiger partial charge >= 0.3 is 0 Å². The Bertz CT molecular complexity index is 865. The van der Waals surface area contributed by atoms with Gasteiger partial charge in [-0.15, -0.1) is 0 Å². The molecular weight excluding hydrogens is 360 g/mol. The number of rotatable bonds is 4. The number of hydrogen-bond acceptors (Lipinski definition) is 5. The zero-order chi connectivity index (χ0) is 19.7. The number of hydrogen-bond donors (Lipinski definition) is 1. The van der Waals surface area contributed by atoms with Gasteiger partial charge in [0, 0.05) is 51.6 Å². The molecule has 1 N–H and O–H groups in total. The van der Waals surface area contributed by atoms with Crippen LogP contribution in [0.2, 0.25) is 0 Å². The average molecular weight is 386 g/mol. The van der Waals surface area contributed by atoms with Crippen LogP contribution >= 0.6 is 0 Å². The number of carbonyl (C=O) groups is 2. The standard InChI is InChI=1S/C19H26N6O3/c1-3-25-15(4-8-22-25)18(27)23-10-6-19(7-11-23)17-14(20-13-21-17)5-9-24(19)16(26)12-28-2/h4,8,13H,3,5-7,9-12H2,1-2H3,(H,20,21). The van der Waals surface area contributed by atoms with Crippen molar-refractivity contribution in [3.63, 3.8) is 0 Å². The first-order chi connectivity index (χ1) is 13.6. The molecule has 9 nitrogen and oxygen atoms in total. The first-order valence-corrected chi connectivity index (χ1v) is 9.74. The monoisotopic (exact) mass is 386 g/mol. The minimum Gasteiger partial charge on any atom is -0.375 e. The summed E-state index contributed by atoms with van der Waals surface area (Å²) in [6, 6.07) is 1.76. The zero-order valence-corrected chi connectivity index (χ0v) is 16.3. The van der Waals surface area contributed by atoms with Crippen molar-refractivity contribution in [3.8, 4) is 0 Å². The molecular formula is C19H26N6O3. The second-order valence-corrected chi connectivity index (χ2v) is 7.31. The average Bonchev–Trinajstić information content (AvgIpc) is 3.38. The largest absolute Gasteiger partial charge is 0.375 e.